The van der Waals surface area contributed by atoms with E-state index in [9.17, 15) is 9.50 Å². The number of piperidine rings is 1. The molecule has 0 aromatic heterocycles. The first kappa shape index (κ1) is 13.8. The van der Waals surface area contributed by atoms with Gasteiger partial charge in [0.05, 0.1) is 0 Å². The van der Waals surface area contributed by atoms with Crippen LogP contribution in [0.3, 0.4) is 0 Å². The lowest BCUT2D eigenvalue weighted by atomic mass is 9.80. The average molecular weight is 297 g/mol. The maximum absolute atomic E-state index is 14.4. The number of hydrogen-bond acceptors (Lipinski definition) is 2. The summed E-state index contributed by atoms with van der Waals surface area (Å²) in [7, 11) is 2.15. The Kier molecular flexibility index (Phi) is 3.19. The Morgan fingerprint density at radius 1 is 1.09 bits per heavy atom. The fourth-order valence-corrected chi connectivity index (χ4v) is 4.47. The van der Waals surface area contributed by atoms with Crippen LogP contribution >= 0.6 is 0 Å². The van der Waals surface area contributed by atoms with Crippen molar-refractivity contribution in [2.24, 2.45) is 5.92 Å². The van der Waals surface area contributed by atoms with Crippen molar-refractivity contribution in [1.29, 1.82) is 0 Å². The molecule has 3 unspecified atom stereocenters. The van der Waals surface area contributed by atoms with Gasteiger partial charge in [-0.1, -0.05) is 24.3 Å². The van der Waals surface area contributed by atoms with Gasteiger partial charge in [-0.15, -0.1) is 0 Å². The van der Waals surface area contributed by atoms with Gasteiger partial charge in [-0.05, 0) is 67.2 Å². The summed E-state index contributed by atoms with van der Waals surface area (Å²) in [6, 6.07) is 13.0. The molecule has 1 fully saturated rings. The second kappa shape index (κ2) is 5.10. The summed E-state index contributed by atoms with van der Waals surface area (Å²) in [5.41, 5.74) is 3.10. The third kappa shape index (κ3) is 1.96. The van der Waals surface area contributed by atoms with Crippen LogP contribution in [0.15, 0.2) is 42.5 Å². The van der Waals surface area contributed by atoms with E-state index in [1.165, 1.54) is 11.6 Å². The molecule has 0 bridgehead atoms. The molecule has 0 amide bonds. The van der Waals surface area contributed by atoms with Gasteiger partial charge in [0.2, 0.25) is 0 Å². The monoisotopic (exact) mass is 297 g/mol. The number of fused-ring (bicyclic) bond motifs is 3. The lowest BCUT2D eigenvalue weighted by Gasteiger charge is -2.37. The van der Waals surface area contributed by atoms with E-state index in [1.807, 2.05) is 24.3 Å². The van der Waals surface area contributed by atoms with Crippen LogP contribution in [-0.2, 0) is 0 Å². The molecule has 1 N–H and O–H groups in total. The molecule has 4 rings (SSSR count). The molecule has 3 heteroatoms. The summed E-state index contributed by atoms with van der Waals surface area (Å²) in [5, 5.41) is 9.92. The van der Waals surface area contributed by atoms with E-state index in [0.29, 0.717) is 12.0 Å². The van der Waals surface area contributed by atoms with E-state index < -0.39 is 0 Å². The van der Waals surface area contributed by atoms with Gasteiger partial charge in [-0.3, -0.25) is 4.90 Å². The van der Waals surface area contributed by atoms with Crippen LogP contribution in [0.2, 0.25) is 0 Å². The highest BCUT2D eigenvalue weighted by Gasteiger charge is 2.45. The predicted octanol–water partition coefficient (Wildman–Crippen LogP) is 4.06. The summed E-state index contributed by atoms with van der Waals surface area (Å²) < 4.78 is 14.4. The highest BCUT2D eigenvalue weighted by atomic mass is 19.1. The first-order chi connectivity index (χ1) is 10.7. The molecule has 114 valence electrons. The number of halogens is 1. The first-order valence-corrected chi connectivity index (χ1v) is 7.94. The molecule has 1 aliphatic heterocycles. The molecule has 2 aliphatic rings. The largest absolute Gasteiger partial charge is 0.508 e. The van der Waals surface area contributed by atoms with Crippen molar-refractivity contribution in [3.63, 3.8) is 0 Å². The summed E-state index contributed by atoms with van der Waals surface area (Å²) in [5.74, 6) is 0.542. The maximum atomic E-state index is 14.4. The molecule has 1 aliphatic carbocycles. The normalized spacial score (nSPS) is 27.5. The van der Waals surface area contributed by atoms with Crippen molar-refractivity contribution in [3.05, 3.63) is 65.0 Å². The Morgan fingerprint density at radius 3 is 2.73 bits per heavy atom. The highest BCUT2D eigenvalue weighted by Crippen LogP contribution is 2.55. The van der Waals surface area contributed by atoms with E-state index in [1.54, 1.807) is 12.1 Å². The van der Waals surface area contributed by atoms with Crippen LogP contribution in [0.4, 0.5) is 4.39 Å². The zero-order chi connectivity index (χ0) is 15.3. The fourth-order valence-electron chi connectivity index (χ4n) is 4.47. The summed E-state index contributed by atoms with van der Waals surface area (Å²) >= 11 is 0. The fraction of sp³-hybridized carbons (Fsp3) is 0.368. The average Bonchev–Trinajstić information content (AvgIpc) is 2.82. The van der Waals surface area contributed by atoms with E-state index in [2.05, 4.69) is 11.9 Å². The lowest BCUT2D eigenvalue weighted by Crippen LogP contribution is -2.35. The van der Waals surface area contributed by atoms with Crippen LogP contribution in [-0.4, -0.2) is 23.6 Å². The van der Waals surface area contributed by atoms with Crippen LogP contribution in [0, 0.1) is 11.7 Å². The van der Waals surface area contributed by atoms with Gasteiger partial charge in [-0.2, -0.15) is 0 Å². The maximum Gasteiger partial charge on any atom is 0.127 e. The van der Waals surface area contributed by atoms with Gasteiger partial charge in [-0.25, -0.2) is 4.39 Å². The molecule has 2 aromatic carbocycles. The molecule has 0 spiro atoms. The zero-order valence-corrected chi connectivity index (χ0v) is 12.7. The van der Waals surface area contributed by atoms with Crippen molar-refractivity contribution in [2.75, 3.05) is 13.6 Å². The second-order valence-electron chi connectivity index (χ2n) is 6.54. The standard InChI is InChI=1S/C19H20FNO/c1-21-10-4-6-15-18(14-5-2-3-7-17(14)20)16-11-12(22)8-9-13(16)19(15)21/h2-3,5,7-9,11,15,18-19,22H,4,6,10H2,1H3. The number of phenols is 1. The number of nitrogens with zero attached hydrogens (tertiary/aromatic N) is 1. The van der Waals surface area contributed by atoms with Crippen molar-refractivity contribution in [2.45, 2.75) is 24.8 Å². The van der Waals surface area contributed by atoms with Crippen LogP contribution in [0.5, 0.6) is 5.75 Å². The first-order valence-electron chi connectivity index (χ1n) is 7.94. The van der Waals surface area contributed by atoms with E-state index in [0.717, 1.165) is 30.5 Å². The minimum absolute atomic E-state index is 0.0380. The van der Waals surface area contributed by atoms with Crippen LogP contribution in [0.1, 0.15) is 41.5 Å². The topological polar surface area (TPSA) is 23.5 Å². The number of rotatable bonds is 1. The molecule has 2 nitrogen and oxygen atoms in total. The van der Waals surface area contributed by atoms with Crippen molar-refractivity contribution >= 4 is 0 Å². The molecule has 3 atom stereocenters. The van der Waals surface area contributed by atoms with Crippen LogP contribution < -0.4 is 0 Å². The molecule has 2 aromatic rings. The summed E-state index contributed by atoms with van der Waals surface area (Å²) in [6.45, 7) is 1.07. The smallest absolute Gasteiger partial charge is 0.127 e. The third-order valence-corrected chi connectivity index (χ3v) is 5.32. The summed E-state index contributed by atoms with van der Waals surface area (Å²) in [4.78, 5) is 2.38. The molecule has 22 heavy (non-hydrogen) atoms. The minimum atomic E-state index is -0.143. The SMILES string of the molecule is CN1CCCC2C(c3ccccc3F)c3cc(O)ccc3C21. The number of likely N-dealkylation sites (tertiary alicyclic amines) is 1. The summed E-state index contributed by atoms with van der Waals surface area (Å²) in [6.07, 6.45) is 2.24. The van der Waals surface area contributed by atoms with E-state index >= 15 is 0 Å². The molecule has 1 heterocycles. The lowest BCUT2D eigenvalue weighted by molar-refractivity contribution is 0.126. The Morgan fingerprint density at radius 2 is 1.91 bits per heavy atom. The molecular formula is C19H20FNO. The number of benzene rings is 2. The Labute approximate surface area is 130 Å². The third-order valence-electron chi connectivity index (χ3n) is 5.32. The zero-order valence-electron chi connectivity index (χ0n) is 12.7. The van der Waals surface area contributed by atoms with Gasteiger partial charge < -0.3 is 5.11 Å². The quantitative estimate of drug-likeness (QED) is 0.858. The number of aromatic hydroxyl groups is 1. The van der Waals surface area contributed by atoms with Gasteiger partial charge in [0.1, 0.15) is 11.6 Å². The van der Waals surface area contributed by atoms with E-state index in [4.69, 9.17) is 0 Å². The predicted molar refractivity (Wildman–Crippen MR) is 84.4 cm³/mol. The molecule has 0 radical (unpaired) electrons. The highest BCUT2D eigenvalue weighted by molar-refractivity contribution is 5.49. The van der Waals surface area contributed by atoms with Crippen molar-refractivity contribution < 1.29 is 9.50 Å². The van der Waals surface area contributed by atoms with Gasteiger partial charge >= 0.3 is 0 Å². The minimum Gasteiger partial charge on any atom is -0.508 e. The van der Waals surface area contributed by atoms with Gasteiger partial charge in [0, 0.05) is 12.0 Å². The molecular weight excluding hydrogens is 277 g/mol. The van der Waals surface area contributed by atoms with E-state index in [-0.39, 0.29) is 17.5 Å². The Bertz CT molecular complexity index is 714. The molecule has 0 saturated carbocycles. The Hall–Kier alpha value is -1.87. The number of phenolic OH excluding ortho intramolecular Hbond substituents is 1. The van der Waals surface area contributed by atoms with Crippen LogP contribution in [0.25, 0.3) is 0 Å². The molecule has 1 saturated heterocycles. The van der Waals surface area contributed by atoms with Crippen molar-refractivity contribution in [1.82, 2.24) is 4.90 Å². The van der Waals surface area contributed by atoms with Gasteiger partial charge in [0.25, 0.3) is 0 Å². The number of hydrogen-bond donors (Lipinski definition) is 1. The van der Waals surface area contributed by atoms with Crippen molar-refractivity contribution in [3.8, 4) is 5.75 Å². The Balaban J connectivity index is 1.91. The second-order valence-corrected chi connectivity index (χ2v) is 6.54. The van der Waals surface area contributed by atoms with Gasteiger partial charge in [0.15, 0.2) is 0 Å².